The van der Waals surface area contributed by atoms with Gasteiger partial charge in [0.25, 0.3) is 0 Å². The summed E-state index contributed by atoms with van der Waals surface area (Å²) in [4.78, 5) is 11.8. The molecule has 1 aromatic carbocycles. The van der Waals surface area contributed by atoms with Crippen molar-refractivity contribution in [3.63, 3.8) is 0 Å². The molecule has 0 fully saturated rings. The number of hydrogen-bond donors (Lipinski definition) is 1. The van der Waals surface area contributed by atoms with Crippen LogP contribution in [0.15, 0.2) is 33.7 Å². The SMILES string of the molecule is COc1ccc(S(=O)(=O)CCC(=O)Nc2cc(C)on2)cc1Cl. The Labute approximate surface area is 138 Å². The van der Waals surface area contributed by atoms with Crippen LogP contribution in [0.4, 0.5) is 5.82 Å². The number of nitrogens with one attached hydrogen (secondary N) is 1. The number of halogens is 1. The molecule has 0 aliphatic rings. The predicted molar refractivity (Wildman–Crippen MR) is 84.5 cm³/mol. The summed E-state index contributed by atoms with van der Waals surface area (Å²) in [7, 11) is -2.20. The average Bonchev–Trinajstić information content (AvgIpc) is 2.90. The van der Waals surface area contributed by atoms with Gasteiger partial charge in [-0.2, -0.15) is 0 Å². The molecular formula is C14H15ClN2O5S. The number of nitrogens with zero attached hydrogens (tertiary/aromatic N) is 1. The highest BCUT2D eigenvalue weighted by Gasteiger charge is 2.18. The number of anilines is 1. The molecule has 2 rings (SSSR count). The molecule has 1 heterocycles. The summed E-state index contributed by atoms with van der Waals surface area (Å²) in [6, 6.07) is 5.69. The molecule has 9 heteroatoms. The van der Waals surface area contributed by atoms with Crippen molar-refractivity contribution in [2.45, 2.75) is 18.2 Å². The van der Waals surface area contributed by atoms with E-state index in [2.05, 4.69) is 10.5 Å². The zero-order valence-electron chi connectivity index (χ0n) is 12.5. The Bertz CT molecular complexity index is 816. The lowest BCUT2D eigenvalue weighted by atomic mass is 10.3. The maximum absolute atomic E-state index is 12.2. The molecule has 2 aromatic rings. The number of aromatic nitrogens is 1. The molecule has 23 heavy (non-hydrogen) atoms. The normalized spacial score (nSPS) is 11.3. The fourth-order valence-corrected chi connectivity index (χ4v) is 3.40. The highest BCUT2D eigenvalue weighted by atomic mass is 35.5. The summed E-state index contributed by atoms with van der Waals surface area (Å²) in [5, 5.41) is 6.25. The minimum Gasteiger partial charge on any atom is -0.495 e. The van der Waals surface area contributed by atoms with E-state index in [0.717, 1.165) is 0 Å². The molecule has 0 radical (unpaired) electrons. The molecule has 1 aromatic heterocycles. The molecule has 0 atom stereocenters. The van der Waals surface area contributed by atoms with Crippen LogP contribution in [0.3, 0.4) is 0 Å². The van der Waals surface area contributed by atoms with Gasteiger partial charge in [-0.1, -0.05) is 16.8 Å². The Balaban J connectivity index is 2.01. The summed E-state index contributed by atoms with van der Waals surface area (Å²) < 4.78 is 34.2. The highest BCUT2D eigenvalue weighted by Crippen LogP contribution is 2.27. The zero-order valence-corrected chi connectivity index (χ0v) is 14.1. The van der Waals surface area contributed by atoms with E-state index < -0.39 is 15.7 Å². The number of benzene rings is 1. The zero-order chi connectivity index (χ0) is 17.0. The quantitative estimate of drug-likeness (QED) is 0.851. The first-order chi connectivity index (χ1) is 10.8. The van der Waals surface area contributed by atoms with Gasteiger partial charge in [-0.25, -0.2) is 8.42 Å². The first-order valence-electron chi connectivity index (χ1n) is 6.61. The lowest BCUT2D eigenvalue weighted by molar-refractivity contribution is -0.115. The van der Waals surface area contributed by atoms with E-state index in [0.29, 0.717) is 11.5 Å². The first-order valence-corrected chi connectivity index (χ1v) is 8.64. The fourth-order valence-electron chi connectivity index (χ4n) is 1.82. The maximum atomic E-state index is 12.2. The van der Waals surface area contributed by atoms with Gasteiger partial charge in [0.05, 0.1) is 22.8 Å². The molecule has 1 amide bonds. The van der Waals surface area contributed by atoms with Crippen LogP contribution in [0.25, 0.3) is 0 Å². The highest BCUT2D eigenvalue weighted by molar-refractivity contribution is 7.91. The summed E-state index contributed by atoms with van der Waals surface area (Å²) in [5.41, 5.74) is 0. The third-order valence-electron chi connectivity index (χ3n) is 2.98. The lowest BCUT2D eigenvalue weighted by Crippen LogP contribution is -2.17. The predicted octanol–water partition coefficient (Wildman–Crippen LogP) is 2.45. The van der Waals surface area contributed by atoms with Crippen molar-refractivity contribution in [1.29, 1.82) is 0 Å². The van der Waals surface area contributed by atoms with Crippen molar-refractivity contribution in [2.75, 3.05) is 18.2 Å². The lowest BCUT2D eigenvalue weighted by Gasteiger charge is -2.07. The standard InChI is InChI=1S/C14H15ClN2O5S/c1-9-7-13(17-22-9)16-14(18)5-6-23(19,20)10-3-4-12(21-2)11(15)8-10/h3-4,7-8H,5-6H2,1-2H3,(H,16,17,18). The van der Waals surface area contributed by atoms with E-state index in [1.54, 1.807) is 6.92 Å². The third kappa shape index (κ3) is 4.46. The summed E-state index contributed by atoms with van der Waals surface area (Å²) in [6.07, 6.45) is -0.210. The molecule has 0 spiro atoms. The summed E-state index contributed by atoms with van der Waals surface area (Å²) in [6.45, 7) is 1.68. The average molecular weight is 359 g/mol. The van der Waals surface area contributed by atoms with Gasteiger partial charge in [0.15, 0.2) is 15.7 Å². The first kappa shape index (κ1) is 17.3. The van der Waals surface area contributed by atoms with E-state index in [1.165, 1.54) is 31.4 Å². The van der Waals surface area contributed by atoms with E-state index in [1.807, 2.05) is 0 Å². The number of hydrogen-bond acceptors (Lipinski definition) is 6. The third-order valence-corrected chi connectivity index (χ3v) is 4.98. The van der Waals surface area contributed by atoms with Gasteiger partial charge in [0.2, 0.25) is 5.91 Å². The van der Waals surface area contributed by atoms with Gasteiger partial charge in [0.1, 0.15) is 11.5 Å². The molecule has 0 aliphatic carbocycles. The number of rotatable bonds is 6. The number of carbonyl (C=O) groups is 1. The topological polar surface area (TPSA) is 98.5 Å². The Morgan fingerprint density at radius 1 is 1.39 bits per heavy atom. The van der Waals surface area contributed by atoms with Crippen molar-refractivity contribution in [3.05, 3.63) is 35.0 Å². The van der Waals surface area contributed by atoms with Gasteiger partial charge in [-0.15, -0.1) is 0 Å². The van der Waals surface area contributed by atoms with Crippen LogP contribution >= 0.6 is 11.6 Å². The number of carbonyl (C=O) groups excluding carboxylic acids is 1. The van der Waals surface area contributed by atoms with Crippen molar-refractivity contribution >= 4 is 33.2 Å². The van der Waals surface area contributed by atoms with Crippen LogP contribution in [-0.2, 0) is 14.6 Å². The van der Waals surface area contributed by atoms with Gasteiger partial charge in [-0.05, 0) is 25.1 Å². The molecule has 0 aliphatic heterocycles. The minimum atomic E-state index is -3.63. The second-order valence-electron chi connectivity index (χ2n) is 4.74. The van der Waals surface area contributed by atoms with Crippen molar-refractivity contribution in [3.8, 4) is 5.75 Å². The minimum absolute atomic E-state index is 0.0355. The Hall–Kier alpha value is -2.06. The largest absolute Gasteiger partial charge is 0.495 e. The molecule has 1 N–H and O–H groups in total. The van der Waals surface area contributed by atoms with Gasteiger partial charge in [0, 0.05) is 12.5 Å². The second kappa shape index (κ2) is 7.01. The van der Waals surface area contributed by atoms with Crippen LogP contribution in [-0.4, -0.2) is 32.3 Å². The van der Waals surface area contributed by atoms with Crippen molar-refractivity contribution in [1.82, 2.24) is 5.16 Å². The van der Waals surface area contributed by atoms with E-state index >= 15 is 0 Å². The number of amides is 1. The van der Waals surface area contributed by atoms with E-state index in [-0.39, 0.29) is 27.9 Å². The molecule has 0 saturated carbocycles. The van der Waals surface area contributed by atoms with Crippen LogP contribution in [0.5, 0.6) is 5.75 Å². The Morgan fingerprint density at radius 2 is 2.13 bits per heavy atom. The van der Waals surface area contributed by atoms with Gasteiger partial charge < -0.3 is 14.6 Å². The van der Waals surface area contributed by atoms with Crippen LogP contribution in [0, 0.1) is 6.92 Å². The molecule has 0 bridgehead atoms. The molecule has 7 nitrogen and oxygen atoms in total. The van der Waals surface area contributed by atoms with Crippen molar-refractivity contribution < 1.29 is 22.5 Å². The Kier molecular flexibility index (Phi) is 5.27. The smallest absolute Gasteiger partial charge is 0.226 e. The summed E-state index contributed by atoms with van der Waals surface area (Å²) >= 11 is 5.92. The van der Waals surface area contributed by atoms with E-state index in [9.17, 15) is 13.2 Å². The number of ether oxygens (including phenoxy) is 1. The number of sulfone groups is 1. The number of methoxy groups -OCH3 is 1. The fraction of sp³-hybridized carbons (Fsp3) is 0.286. The van der Waals surface area contributed by atoms with Crippen LogP contribution < -0.4 is 10.1 Å². The van der Waals surface area contributed by atoms with Crippen molar-refractivity contribution in [2.24, 2.45) is 0 Å². The van der Waals surface area contributed by atoms with E-state index in [4.69, 9.17) is 20.9 Å². The van der Waals surface area contributed by atoms with Crippen LogP contribution in [0.1, 0.15) is 12.2 Å². The van der Waals surface area contributed by atoms with Gasteiger partial charge >= 0.3 is 0 Å². The number of aryl methyl sites for hydroxylation is 1. The molecule has 0 saturated heterocycles. The van der Waals surface area contributed by atoms with Crippen LogP contribution in [0.2, 0.25) is 5.02 Å². The van der Waals surface area contributed by atoms with Gasteiger partial charge in [-0.3, -0.25) is 4.79 Å². The molecule has 0 unspecified atom stereocenters. The maximum Gasteiger partial charge on any atom is 0.226 e. The molecular weight excluding hydrogens is 344 g/mol. The Morgan fingerprint density at radius 3 is 2.70 bits per heavy atom. The monoisotopic (exact) mass is 358 g/mol. The summed E-state index contributed by atoms with van der Waals surface area (Å²) in [5.74, 6) is 0.350. The molecule has 124 valence electrons. The second-order valence-corrected chi connectivity index (χ2v) is 7.25.